The van der Waals surface area contributed by atoms with Gasteiger partial charge >= 0.3 is 0 Å². The molecule has 0 aliphatic heterocycles. The van der Waals surface area contributed by atoms with E-state index in [1.807, 2.05) is 0 Å². The van der Waals surface area contributed by atoms with Crippen molar-refractivity contribution in [1.82, 2.24) is 4.72 Å². The van der Waals surface area contributed by atoms with Gasteiger partial charge in [0.1, 0.15) is 22.1 Å². The number of halogens is 3. The average Bonchev–Trinajstić information content (AvgIpc) is 2.69. The predicted octanol–water partition coefficient (Wildman–Crippen LogP) is 2.63. The molecule has 0 bridgehead atoms. The van der Waals surface area contributed by atoms with Crippen LogP contribution in [0.15, 0.2) is 47.4 Å². The van der Waals surface area contributed by atoms with Crippen LogP contribution in [-0.4, -0.2) is 34.5 Å². The number of sulfonamides is 1. The van der Waals surface area contributed by atoms with Crippen LogP contribution >= 0.6 is 11.6 Å². The number of nitrogens with two attached hydrogens (primary N) is 1. The van der Waals surface area contributed by atoms with Gasteiger partial charge in [-0.3, -0.25) is 4.79 Å². The maximum atomic E-state index is 14.8. The normalized spacial score (nSPS) is 21.9. The molecule has 0 radical (unpaired) electrons. The Kier molecular flexibility index (Phi) is 6.94. The van der Waals surface area contributed by atoms with Gasteiger partial charge in [-0.25, -0.2) is 30.3 Å². The highest BCUT2D eigenvalue weighted by molar-refractivity contribution is 7.92. The molecule has 1 aliphatic carbocycles. The van der Waals surface area contributed by atoms with Crippen LogP contribution in [0, 0.1) is 11.6 Å². The second-order valence-electron chi connectivity index (χ2n) is 7.69. The third kappa shape index (κ3) is 4.95. The molecule has 0 unspecified atom stereocenters. The van der Waals surface area contributed by atoms with Crippen LogP contribution in [0.25, 0.3) is 0 Å². The van der Waals surface area contributed by atoms with Gasteiger partial charge < -0.3 is 5.73 Å². The molecule has 1 fully saturated rings. The van der Waals surface area contributed by atoms with E-state index in [4.69, 9.17) is 17.3 Å². The van der Waals surface area contributed by atoms with Crippen molar-refractivity contribution in [2.45, 2.75) is 41.4 Å². The summed E-state index contributed by atoms with van der Waals surface area (Å²) in [6.45, 7) is 0. The lowest BCUT2D eigenvalue weighted by atomic mass is 9.80. The first kappa shape index (κ1) is 24.6. The first-order valence-electron chi connectivity index (χ1n) is 9.60. The van der Waals surface area contributed by atoms with Crippen molar-refractivity contribution in [3.05, 3.63) is 64.7 Å². The zero-order valence-electron chi connectivity index (χ0n) is 16.7. The monoisotopic (exact) mass is 506 g/mol. The highest BCUT2D eigenvalue weighted by Gasteiger charge is 2.50. The van der Waals surface area contributed by atoms with E-state index in [9.17, 15) is 30.4 Å². The smallest absolute Gasteiger partial charge is 0.234 e. The Bertz CT molecular complexity index is 1230. The van der Waals surface area contributed by atoms with Crippen LogP contribution in [0.4, 0.5) is 8.78 Å². The van der Waals surface area contributed by atoms with Crippen molar-refractivity contribution in [2.75, 3.05) is 5.75 Å². The Morgan fingerprint density at radius 3 is 2.22 bits per heavy atom. The number of carbonyl (C=O) groups excluding carboxylic acids is 1. The summed E-state index contributed by atoms with van der Waals surface area (Å²) in [5, 5.41) is 0.308. The Hall–Kier alpha value is -2.08. The van der Waals surface area contributed by atoms with Crippen molar-refractivity contribution >= 4 is 37.4 Å². The van der Waals surface area contributed by atoms with E-state index in [1.165, 1.54) is 24.3 Å². The van der Waals surface area contributed by atoms with Gasteiger partial charge in [0.25, 0.3) is 0 Å². The number of benzene rings is 2. The lowest BCUT2D eigenvalue weighted by Crippen LogP contribution is -2.47. The average molecular weight is 507 g/mol. The highest BCUT2D eigenvalue weighted by atomic mass is 35.5. The van der Waals surface area contributed by atoms with Crippen LogP contribution in [-0.2, 0) is 29.4 Å². The quantitative estimate of drug-likeness (QED) is 0.597. The summed E-state index contributed by atoms with van der Waals surface area (Å²) >= 11 is 5.86. The van der Waals surface area contributed by atoms with E-state index in [2.05, 4.69) is 4.72 Å². The number of rotatable bonds is 7. The Balaban J connectivity index is 2.02. The maximum absolute atomic E-state index is 14.8. The number of carbonyl (C=O) groups is 1. The van der Waals surface area contributed by atoms with Crippen molar-refractivity contribution in [1.29, 1.82) is 0 Å². The molecule has 0 spiro atoms. The molecule has 0 atom stereocenters. The first-order chi connectivity index (χ1) is 14.9. The zero-order chi connectivity index (χ0) is 23.7. The fourth-order valence-electron chi connectivity index (χ4n) is 4.05. The van der Waals surface area contributed by atoms with E-state index >= 15 is 0 Å². The number of sulfone groups is 1. The molecule has 12 heteroatoms. The number of hydrogen-bond donors (Lipinski definition) is 2. The number of amides is 1. The van der Waals surface area contributed by atoms with Gasteiger partial charge in [0.15, 0.2) is 9.84 Å². The Labute approximate surface area is 189 Å². The third-order valence-corrected chi connectivity index (χ3v) is 9.69. The topological polar surface area (TPSA) is 123 Å². The second-order valence-corrected chi connectivity index (χ2v) is 12.1. The van der Waals surface area contributed by atoms with Gasteiger partial charge in [-0.05, 0) is 68.1 Å². The molecule has 7 nitrogen and oxygen atoms in total. The number of primary amides is 1. The molecule has 174 valence electrons. The van der Waals surface area contributed by atoms with Crippen molar-refractivity contribution in [3.8, 4) is 0 Å². The van der Waals surface area contributed by atoms with Gasteiger partial charge in [-0.2, -0.15) is 0 Å². The van der Waals surface area contributed by atoms with Crippen LogP contribution < -0.4 is 10.5 Å². The summed E-state index contributed by atoms with van der Waals surface area (Å²) in [4.78, 5) is 10.9. The molecular weight excluding hydrogens is 486 g/mol. The Morgan fingerprint density at radius 2 is 1.66 bits per heavy atom. The fourth-order valence-corrected chi connectivity index (χ4v) is 7.55. The molecule has 1 saturated carbocycles. The van der Waals surface area contributed by atoms with E-state index in [0.717, 1.165) is 18.2 Å². The van der Waals surface area contributed by atoms with Crippen LogP contribution in [0.3, 0.4) is 0 Å². The van der Waals surface area contributed by atoms with Crippen molar-refractivity contribution in [3.63, 3.8) is 0 Å². The van der Waals surface area contributed by atoms with E-state index < -0.39 is 53.9 Å². The van der Waals surface area contributed by atoms with Crippen LogP contribution in [0.2, 0.25) is 5.02 Å². The summed E-state index contributed by atoms with van der Waals surface area (Å²) in [6, 6.07) is 7.28. The first-order valence-corrected chi connectivity index (χ1v) is 13.1. The summed E-state index contributed by atoms with van der Waals surface area (Å²) < 4.78 is 80.8. The zero-order valence-corrected chi connectivity index (χ0v) is 19.1. The lowest BCUT2D eigenvalue weighted by Gasteiger charge is -2.40. The van der Waals surface area contributed by atoms with Crippen molar-refractivity contribution in [2.24, 2.45) is 5.73 Å². The van der Waals surface area contributed by atoms with Gasteiger partial charge in [-0.1, -0.05) is 11.6 Å². The molecule has 1 amide bonds. The minimum Gasteiger partial charge on any atom is -0.369 e. The summed E-state index contributed by atoms with van der Waals surface area (Å²) in [5.74, 6) is -3.61. The van der Waals surface area contributed by atoms with Crippen LogP contribution in [0.5, 0.6) is 0 Å². The molecule has 0 heterocycles. The molecule has 0 aromatic heterocycles. The second kappa shape index (κ2) is 9.05. The highest BCUT2D eigenvalue weighted by Crippen LogP contribution is 2.48. The number of nitrogens with one attached hydrogen (secondary N) is 1. The van der Waals surface area contributed by atoms with E-state index in [0.29, 0.717) is 5.02 Å². The molecule has 1 aliphatic rings. The molecule has 3 N–H and O–H groups in total. The summed E-state index contributed by atoms with van der Waals surface area (Å²) in [6.07, 6.45) is -0.328. The molecule has 32 heavy (non-hydrogen) atoms. The summed E-state index contributed by atoms with van der Waals surface area (Å²) in [5.41, 5.74) is 4.63. The minimum absolute atomic E-state index is 0.0146. The molecule has 3 rings (SSSR count). The maximum Gasteiger partial charge on any atom is 0.234 e. The molecule has 2 aromatic carbocycles. The largest absolute Gasteiger partial charge is 0.369 e. The minimum atomic E-state index is -4.24. The SMILES string of the molecule is NC(=O)CS(=O)(=O)N[C@H]1CC[C@@](c2cc(F)ccc2F)(S(=O)(=O)c2ccc(Cl)cc2)CC1. The molecular formula is C20H21ClF2N2O5S2. The van der Waals surface area contributed by atoms with E-state index in [1.54, 1.807) is 0 Å². The van der Waals surface area contributed by atoms with Gasteiger partial charge in [-0.15, -0.1) is 0 Å². The predicted molar refractivity (Wildman–Crippen MR) is 115 cm³/mol. The van der Waals surface area contributed by atoms with Gasteiger partial charge in [0, 0.05) is 16.6 Å². The summed E-state index contributed by atoms with van der Waals surface area (Å²) in [7, 11) is -8.25. The fraction of sp³-hybridized carbons (Fsp3) is 0.350. The molecule has 2 aromatic rings. The Morgan fingerprint density at radius 1 is 1.06 bits per heavy atom. The van der Waals surface area contributed by atoms with Gasteiger partial charge in [0.05, 0.1) is 4.90 Å². The van der Waals surface area contributed by atoms with E-state index in [-0.39, 0.29) is 36.1 Å². The molecule has 0 saturated heterocycles. The van der Waals surface area contributed by atoms with Gasteiger partial charge in [0.2, 0.25) is 15.9 Å². The van der Waals surface area contributed by atoms with Crippen molar-refractivity contribution < 1.29 is 30.4 Å². The van der Waals surface area contributed by atoms with Crippen LogP contribution in [0.1, 0.15) is 31.2 Å². The third-order valence-electron chi connectivity index (χ3n) is 5.53. The lowest BCUT2D eigenvalue weighted by molar-refractivity contribution is -0.115. The standard InChI is InChI=1S/C20H21ClF2N2O5S2/c21-13-1-4-16(5-2-13)32(29,30)20(17-11-14(22)3-6-18(17)23)9-7-15(8-10-20)25-31(27,28)12-19(24)26/h1-6,11,15,25H,7-10,12H2,(H2,24,26)/t15-,20+. The number of hydrogen-bond acceptors (Lipinski definition) is 5.